The molecule has 0 bridgehead atoms. The highest BCUT2D eigenvalue weighted by Gasteiger charge is 2.31. The van der Waals surface area contributed by atoms with Gasteiger partial charge in [0.1, 0.15) is 5.78 Å². The molecule has 1 nitrogen and oxygen atoms in total. The molecule has 0 heterocycles. The van der Waals surface area contributed by atoms with Gasteiger partial charge < -0.3 is 4.79 Å². The van der Waals surface area contributed by atoms with Crippen LogP contribution < -0.4 is 0 Å². The molecule has 0 radical (unpaired) electrons. The number of ketones is 1. The van der Waals surface area contributed by atoms with Gasteiger partial charge in [-0.1, -0.05) is 24.5 Å². The summed E-state index contributed by atoms with van der Waals surface area (Å²) >= 11 is 0. The molecule has 1 aliphatic carbocycles. The third kappa shape index (κ3) is 4.51. The minimum atomic E-state index is 0.343. The summed E-state index contributed by atoms with van der Waals surface area (Å²) < 4.78 is 0. The average molecular weight is 222 g/mol. The number of hydrogen-bond donors (Lipinski definition) is 0. The third-order valence-corrected chi connectivity index (χ3v) is 3.84. The zero-order valence-corrected chi connectivity index (χ0v) is 11.1. The fourth-order valence-electron chi connectivity index (χ4n) is 2.81. The van der Waals surface area contributed by atoms with Crippen LogP contribution in [0.25, 0.3) is 0 Å². The standard InChI is InChI=1S/C15H26O/c1-13(2)8-12-15(9-4-5-10-15)11-6-7-14(3)16/h8H,4-7,9-12H2,1-3H3. The minimum Gasteiger partial charge on any atom is -0.300 e. The molecular formula is C15H26O. The van der Waals surface area contributed by atoms with E-state index in [0.29, 0.717) is 11.2 Å². The number of allylic oxidation sites excluding steroid dienone is 2. The van der Waals surface area contributed by atoms with E-state index in [4.69, 9.17) is 0 Å². The van der Waals surface area contributed by atoms with E-state index in [1.54, 1.807) is 6.92 Å². The van der Waals surface area contributed by atoms with Gasteiger partial charge in [0.05, 0.1) is 0 Å². The number of carbonyl (C=O) groups is 1. The summed E-state index contributed by atoms with van der Waals surface area (Å²) in [5, 5.41) is 0. The number of Topliss-reactive ketones (excluding diaryl/α,β-unsaturated/α-hetero) is 1. The van der Waals surface area contributed by atoms with Gasteiger partial charge >= 0.3 is 0 Å². The molecule has 1 fully saturated rings. The topological polar surface area (TPSA) is 17.1 Å². The summed E-state index contributed by atoms with van der Waals surface area (Å²) in [5.41, 5.74) is 1.96. The van der Waals surface area contributed by atoms with Crippen LogP contribution in [0.3, 0.4) is 0 Å². The van der Waals surface area contributed by atoms with E-state index in [0.717, 1.165) is 12.8 Å². The molecule has 0 aromatic rings. The molecule has 1 heteroatoms. The van der Waals surface area contributed by atoms with E-state index in [9.17, 15) is 4.79 Å². The summed E-state index contributed by atoms with van der Waals surface area (Å²) in [6, 6.07) is 0. The van der Waals surface area contributed by atoms with Crippen LogP contribution in [-0.4, -0.2) is 5.78 Å². The van der Waals surface area contributed by atoms with E-state index in [-0.39, 0.29) is 0 Å². The Balaban J connectivity index is 2.45. The Morgan fingerprint density at radius 3 is 2.31 bits per heavy atom. The van der Waals surface area contributed by atoms with Crippen LogP contribution in [0, 0.1) is 5.41 Å². The van der Waals surface area contributed by atoms with Crippen LogP contribution in [0.15, 0.2) is 11.6 Å². The number of carbonyl (C=O) groups excluding carboxylic acids is 1. The van der Waals surface area contributed by atoms with Crippen molar-refractivity contribution >= 4 is 5.78 Å². The first-order chi connectivity index (χ1) is 7.54. The summed E-state index contributed by atoms with van der Waals surface area (Å²) in [6.07, 6.45) is 12.2. The molecular weight excluding hydrogens is 196 g/mol. The molecule has 0 aliphatic heterocycles. The Morgan fingerprint density at radius 2 is 1.81 bits per heavy atom. The molecule has 0 atom stereocenters. The lowest BCUT2D eigenvalue weighted by atomic mass is 9.77. The van der Waals surface area contributed by atoms with Crippen molar-refractivity contribution < 1.29 is 4.79 Å². The first-order valence-electron chi connectivity index (χ1n) is 6.67. The van der Waals surface area contributed by atoms with Gasteiger partial charge in [0.15, 0.2) is 0 Å². The van der Waals surface area contributed by atoms with Crippen molar-refractivity contribution in [3.05, 3.63) is 11.6 Å². The summed E-state index contributed by atoms with van der Waals surface area (Å²) in [7, 11) is 0. The molecule has 1 aliphatic rings. The van der Waals surface area contributed by atoms with Crippen molar-refractivity contribution in [1.29, 1.82) is 0 Å². The van der Waals surface area contributed by atoms with Crippen LogP contribution in [0.1, 0.15) is 72.1 Å². The fraction of sp³-hybridized carbons (Fsp3) is 0.800. The minimum absolute atomic E-state index is 0.343. The lowest BCUT2D eigenvalue weighted by molar-refractivity contribution is -0.117. The second-order valence-corrected chi connectivity index (χ2v) is 5.75. The smallest absolute Gasteiger partial charge is 0.129 e. The Morgan fingerprint density at radius 1 is 1.19 bits per heavy atom. The molecule has 0 amide bonds. The van der Waals surface area contributed by atoms with E-state index in [1.165, 1.54) is 44.1 Å². The average Bonchev–Trinajstić information content (AvgIpc) is 2.64. The van der Waals surface area contributed by atoms with Gasteiger partial charge in [0, 0.05) is 6.42 Å². The van der Waals surface area contributed by atoms with Crippen LogP contribution in [0.4, 0.5) is 0 Å². The Bertz CT molecular complexity index is 253. The summed E-state index contributed by atoms with van der Waals surface area (Å²) in [5.74, 6) is 0.343. The lowest BCUT2D eigenvalue weighted by Crippen LogP contribution is -2.15. The molecule has 0 aromatic heterocycles. The zero-order valence-electron chi connectivity index (χ0n) is 11.1. The van der Waals surface area contributed by atoms with E-state index >= 15 is 0 Å². The predicted molar refractivity (Wildman–Crippen MR) is 69.5 cm³/mol. The lowest BCUT2D eigenvalue weighted by Gasteiger charge is -2.27. The molecule has 92 valence electrons. The van der Waals surface area contributed by atoms with Crippen molar-refractivity contribution in [2.75, 3.05) is 0 Å². The van der Waals surface area contributed by atoms with Crippen LogP contribution in [-0.2, 0) is 4.79 Å². The zero-order chi connectivity index (χ0) is 12.0. The monoisotopic (exact) mass is 222 g/mol. The normalized spacial score (nSPS) is 18.4. The first-order valence-corrected chi connectivity index (χ1v) is 6.67. The summed E-state index contributed by atoms with van der Waals surface area (Å²) in [4.78, 5) is 11.0. The largest absolute Gasteiger partial charge is 0.300 e. The Hall–Kier alpha value is -0.590. The molecule has 1 rings (SSSR count). The molecule has 0 unspecified atom stereocenters. The Kier molecular flexibility index (Phi) is 5.24. The van der Waals surface area contributed by atoms with Gasteiger partial charge in [-0.2, -0.15) is 0 Å². The highest BCUT2D eigenvalue weighted by molar-refractivity contribution is 5.75. The van der Waals surface area contributed by atoms with Crippen LogP contribution in [0.2, 0.25) is 0 Å². The van der Waals surface area contributed by atoms with Gasteiger partial charge in [-0.15, -0.1) is 0 Å². The SMILES string of the molecule is CC(=O)CCCC1(CC=C(C)C)CCCC1. The molecule has 0 N–H and O–H groups in total. The maximum absolute atomic E-state index is 11.0. The van der Waals surface area contributed by atoms with Gasteiger partial charge in [-0.05, 0) is 58.3 Å². The van der Waals surface area contributed by atoms with Crippen molar-refractivity contribution in [3.63, 3.8) is 0 Å². The fourth-order valence-corrected chi connectivity index (χ4v) is 2.81. The molecule has 0 spiro atoms. The quantitative estimate of drug-likeness (QED) is 0.597. The maximum Gasteiger partial charge on any atom is 0.129 e. The summed E-state index contributed by atoms with van der Waals surface area (Å²) in [6.45, 7) is 6.06. The predicted octanol–water partition coefficient (Wildman–Crippen LogP) is 4.66. The molecule has 16 heavy (non-hydrogen) atoms. The van der Waals surface area contributed by atoms with Crippen molar-refractivity contribution in [1.82, 2.24) is 0 Å². The first kappa shape index (κ1) is 13.5. The maximum atomic E-state index is 11.0. The van der Waals surface area contributed by atoms with Gasteiger partial charge in [0.25, 0.3) is 0 Å². The Labute approximate surface area is 100 Å². The van der Waals surface area contributed by atoms with E-state index in [2.05, 4.69) is 19.9 Å². The highest BCUT2D eigenvalue weighted by Crippen LogP contribution is 2.45. The van der Waals surface area contributed by atoms with E-state index in [1.807, 2.05) is 0 Å². The molecule has 0 aromatic carbocycles. The second-order valence-electron chi connectivity index (χ2n) is 5.75. The van der Waals surface area contributed by atoms with E-state index < -0.39 is 0 Å². The van der Waals surface area contributed by atoms with Crippen LogP contribution in [0.5, 0.6) is 0 Å². The van der Waals surface area contributed by atoms with Gasteiger partial charge in [0.2, 0.25) is 0 Å². The van der Waals surface area contributed by atoms with Gasteiger partial charge in [-0.3, -0.25) is 0 Å². The molecule has 1 saturated carbocycles. The van der Waals surface area contributed by atoms with Gasteiger partial charge in [-0.25, -0.2) is 0 Å². The number of hydrogen-bond acceptors (Lipinski definition) is 1. The van der Waals surface area contributed by atoms with Crippen LogP contribution >= 0.6 is 0 Å². The highest BCUT2D eigenvalue weighted by atomic mass is 16.1. The van der Waals surface area contributed by atoms with Crippen molar-refractivity contribution in [3.8, 4) is 0 Å². The molecule has 0 saturated heterocycles. The van der Waals surface area contributed by atoms with Crippen molar-refractivity contribution in [2.45, 2.75) is 72.1 Å². The second kappa shape index (κ2) is 6.22. The third-order valence-electron chi connectivity index (χ3n) is 3.84. The number of rotatable bonds is 6. The van der Waals surface area contributed by atoms with Crippen molar-refractivity contribution in [2.24, 2.45) is 5.41 Å².